The van der Waals surface area contributed by atoms with Crippen LogP contribution in [0.1, 0.15) is 10.5 Å². The third kappa shape index (κ3) is 0.115. The van der Waals surface area contributed by atoms with Crippen LogP contribution in [-0.2, 0) is 0 Å². The van der Waals surface area contributed by atoms with Crippen molar-refractivity contribution >= 4 is 0 Å². The summed E-state index contributed by atoms with van der Waals surface area (Å²) in [7, 11) is 0. The number of nitrogens with one attached hydrogen (secondary N) is 1. The Hall–Kier alpha value is -0.0400. The Balaban J connectivity index is 2.52. The van der Waals surface area contributed by atoms with Gasteiger partial charge < -0.3 is 5.31 Å². The summed E-state index contributed by atoms with van der Waals surface area (Å²) >= 11 is 0. The van der Waals surface area contributed by atoms with Crippen LogP contribution in [0.15, 0.2) is 0 Å². The third-order valence-electron chi connectivity index (χ3n) is 0.365. The minimum Gasteiger partial charge on any atom is -0.317 e. The molecule has 1 rings (SSSR count). The van der Waals surface area contributed by atoms with Gasteiger partial charge in [-0.25, -0.2) is 0 Å². The zero-order valence-electron chi connectivity index (χ0n) is 6.23. The van der Waals surface area contributed by atoms with Crippen LogP contribution in [0.3, 0.4) is 0 Å². The minimum absolute atomic E-state index is 0.229. The Labute approximate surface area is 31.7 Å². The lowest BCUT2D eigenvalue weighted by Gasteiger charge is -2.09. The molecule has 1 aliphatic rings. The van der Waals surface area contributed by atoms with Gasteiger partial charge in [-0.3, -0.25) is 0 Å². The zero-order valence-corrected chi connectivity index (χ0v) is 2.23. The molecule has 0 aromatic carbocycles. The Morgan fingerprint density at radius 3 is 3.25 bits per heavy atom. The molecule has 4 heavy (non-hydrogen) atoms. The predicted octanol–water partition coefficient (Wildman–Crippen LogP) is -0.0203. The average Bonchev–Trinajstić information content (AvgIpc) is 1.68. The molecule has 0 aromatic heterocycles. The van der Waals surface area contributed by atoms with Crippen LogP contribution in [0.5, 0.6) is 0 Å². The second kappa shape index (κ2) is 0.725. The van der Waals surface area contributed by atoms with Gasteiger partial charge in [0.2, 0.25) is 0 Å². The Morgan fingerprint density at radius 2 is 3.25 bits per heavy atom. The summed E-state index contributed by atoms with van der Waals surface area (Å²) in [4.78, 5) is 0. The summed E-state index contributed by atoms with van der Waals surface area (Å²) in [5, 5.41) is 0.782. The maximum absolute atomic E-state index is 6.91. The van der Waals surface area contributed by atoms with Gasteiger partial charge in [0, 0.05) is 4.11 Å². The molecular formula is C3H7N. The maximum Gasteiger partial charge on any atom is 0.122 e. The van der Waals surface area contributed by atoms with E-state index in [4.69, 9.17) is 5.52 Å². The fourth-order valence-corrected chi connectivity index (χ4v) is 0.0913. The van der Waals surface area contributed by atoms with Crippen molar-refractivity contribution in [3.8, 4) is 0 Å². The predicted molar refractivity (Wildman–Crippen MR) is 17.5 cm³/mol. The van der Waals surface area contributed by atoms with E-state index in [9.17, 15) is 0 Å². The quantitative estimate of drug-likeness (QED) is 0.415. The molecule has 0 bridgehead atoms. The second-order valence-electron chi connectivity index (χ2n) is 0.674. The Kier molecular flexibility index (Phi) is 0.0993. The van der Waals surface area contributed by atoms with Crippen LogP contribution in [0, 0.1) is 0 Å². The van der Waals surface area contributed by atoms with Crippen LogP contribution in [0.25, 0.3) is 0 Å². The highest BCUT2D eigenvalue weighted by Gasteiger charge is 1.92. The molecule has 1 unspecified atom stereocenters. The summed E-state index contributed by atoms with van der Waals surface area (Å²) < 4.78 is 27.5. The zero-order chi connectivity index (χ0) is 6.36. The molecular weight excluding hydrogens is 50.0 g/mol. The first-order valence-electron chi connectivity index (χ1n) is 3.26. The van der Waals surface area contributed by atoms with Crippen molar-refractivity contribution in [2.45, 2.75) is 6.40 Å². The highest BCUT2D eigenvalue weighted by atomic mass is 14.9. The van der Waals surface area contributed by atoms with Gasteiger partial charge in [-0.15, -0.1) is 0 Å². The molecule has 0 radical (unpaired) electrons. The lowest BCUT2D eigenvalue weighted by molar-refractivity contribution is 0.527. The van der Waals surface area contributed by atoms with Crippen LogP contribution in [0.4, 0.5) is 0 Å². The van der Waals surface area contributed by atoms with Gasteiger partial charge >= 0.3 is 0 Å². The van der Waals surface area contributed by atoms with Gasteiger partial charge in [-0.1, -0.05) is 0 Å². The van der Waals surface area contributed by atoms with E-state index in [0.29, 0.717) is 0 Å². The molecule has 1 atom stereocenters. The number of rotatable bonds is 0. The maximum atomic E-state index is 6.91. The molecule has 0 saturated carbocycles. The van der Waals surface area contributed by atoms with Crippen molar-refractivity contribution in [2.75, 3.05) is 13.0 Å². The van der Waals surface area contributed by atoms with Gasteiger partial charge in [0.25, 0.3) is 0 Å². The summed E-state index contributed by atoms with van der Waals surface area (Å²) in [5.41, 5.74) is 0. The first-order chi connectivity index (χ1) is 3.55. The van der Waals surface area contributed by atoms with Crippen molar-refractivity contribution in [3.63, 3.8) is 0 Å². The average molecular weight is 61.1 g/mol. The van der Waals surface area contributed by atoms with E-state index in [1.165, 1.54) is 0 Å². The molecule has 24 valence electrons. The van der Waals surface area contributed by atoms with Crippen molar-refractivity contribution in [3.05, 3.63) is 0 Å². The summed E-state index contributed by atoms with van der Waals surface area (Å²) in [5.74, 6) is 0. The van der Waals surface area contributed by atoms with Gasteiger partial charge in [0.15, 0.2) is 0 Å². The first kappa shape index (κ1) is 0.548. The van der Waals surface area contributed by atoms with Crippen LogP contribution in [-0.4, -0.2) is 13.0 Å². The van der Waals surface area contributed by atoms with E-state index in [1.807, 2.05) is 0 Å². The van der Waals surface area contributed by atoms with Crippen molar-refractivity contribution in [1.82, 2.24) is 5.31 Å². The third-order valence-corrected chi connectivity index (χ3v) is 0.365. The summed E-state index contributed by atoms with van der Waals surface area (Å²) in [6.07, 6.45) is -0.722. The molecule has 1 fully saturated rings. The Bertz CT molecular complexity index is 93.5. The molecule has 1 saturated heterocycles. The molecule has 0 spiro atoms. The van der Waals surface area contributed by atoms with Gasteiger partial charge in [-0.05, 0) is 19.4 Å². The molecule has 1 N–H and O–H groups in total. The van der Waals surface area contributed by atoms with Crippen molar-refractivity contribution < 1.29 is 5.52 Å². The fourth-order valence-electron chi connectivity index (χ4n) is 0.0913. The highest BCUT2D eigenvalue weighted by Crippen LogP contribution is 1.80. The molecule has 1 heterocycles. The molecule has 0 amide bonds. The van der Waals surface area contributed by atoms with Gasteiger partial charge in [0.05, 0.1) is 0 Å². The van der Waals surface area contributed by atoms with Crippen molar-refractivity contribution in [2.24, 2.45) is 0 Å². The molecule has 1 nitrogen and oxygen atoms in total. The van der Waals surface area contributed by atoms with E-state index in [2.05, 4.69) is 0 Å². The minimum atomic E-state index is -1.69. The Morgan fingerprint density at radius 1 is 2.25 bits per heavy atom. The van der Waals surface area contributed by atoms with E-state index < -0.39 is 12.9 Å². The van der Waals surface area contributed by atoms with Gasteiger partial charge in [0.1, 0.15) is 1.41 Å². The smallest absolute Gasteiger partial charge is 0.122 e. The highest BCUT2D eigenvalue weighted by molar-refractivity contribution is 4.56. The first-order valence-corrected chi connectivity index (χ1v) is 1.24. The second-order valence-corrected chi connectivity index (χ2v) is 0.674. The largest absolute Gasteiger partial charge is 0.317 e. The van der Waals surface area contributed by atoms with Crippen LogP contribution < -0.4 is 5.31 Å². The number of hydrogen-bond acceptors (Lipinski definition) is 1. The van der Waals surface area contributed by atoms with Crippen LogP contribution in [0.2, 0.25) is 1.41 Å². The SMILES string of the molecule is [2H]C1CN([2H])C1([2H])[2H]. The summed E-state index contributed by atoms with van der Waals surface area (Å²) in [6, 6.07) is 0. The van der Waals surface area contributed by atoms with E-state index in [0.717, 1.165) is 5.31 Å². The van der Waals surface area contributed by atoms with Gasteiger partial charge in [-0.2, -0.15) is 0 Å². The van der Waals surface area contributed by atoms with E-state index in [1.54, 1.807) is 0 Å². The molecule has 1 aliphatic heterocycles. The standard InChI is InChI=1S/C3H7N/c1-2-4-3-1/h4H,1-3H2/i1D,2D2/hD. The van der Waals surface area contributed by atoms with Crippen LogP contribution >= 0.6 is 0 Å². The lowest BCUT2D eigenvalue weighted by atomic mass is 10.3. The van der Waals surface area contributed by atoms with E-state index >= 15 is 0 Å². The lowest BCUT2D eigenvalue weighted by Crippen LogP contribution is -2.29. The fraction of sp³-hybridized carbons (Fsp3) is 1.00. The van der Waals surface area contributed by atoms with Crippen molar-refractivity contribution in [1.29, 1.82) is 0 Å². The normalized spacial score (nSPS) is 74.5. The monoisotopic (exact) mass is 61.1 g/mol. The molecule has 0 aliphatic carbocycles. The summed E-state index contributed by atoms with van der Waals surface area (Å²) in [6.45, 7) is -1.47. The topological polar surface area (TPSA) is 12.0 Å². The molecule has 0 aromatic rings. The number of hydrogen-bond donors (Lipinski definition) is 1. The van der Waals surface area contributed by atoms with E-state index in [-0.39, 0.29) is 6.54 Å². The molecule has 1 heteroatoms.